The van der Waals surface area contributed by atoms with E-state index >= 15 is 0 Å². The summed E-state index contributed by atoms with van der Waals surface area (Å²) in [6, 6.07) is 2.44. The van der Waals surface area contributed by atoms with E-state index in [1.54, 1.807) is 58.1 Å². The number of ketones is 2. The Balaban J connectivity index is 1.46. The number of aliphatic hydroxyl groups excluding tert-OH is 1. The molecule has 0 aromatic carbocycles. The summed E-state index contributed by atoms with van der Waals surface area (Å²) in [6.07, 6.45) is 3.45. The van der Waals surface area contributed by atoms with Crippen molar-refractivity contribution < 1.29 is 48.0 Å². The fourth-order valence-electron chi connectivity index (χ4n) is 9.46. The Morgan fingerprint density at radius 3 is 2.40 bits per heavy atom. The summed E-state index contributed by atoms with van der Waals surface area (Å²) in [5.41, 5.74) is -1.50. The number of fused-ring (bicyclic) bond motifs is 1. The molecule has 3 saturated heterocycles. The average molecular weight is 858 g/mol. The third-order valence-corrected chi connectivity index (χ3v) is 13.2. The van der Waals surface area contributed by atoms with Gasteiger partial charge in [-0.3, -0.25) is 19.3 Å². The Morgan fingerprint density at radius 2 is 1.77 bits per heavy atom. The van der Waals surface area contributed by atoms with Gasteiger partial charge in [-0.2, -0.15) is 0 Å². The van der Waals surface area contributed by atoms with E-state index in [1.165, 1.54) is 20.1 Å². The molecule has 60 heavy (non-hydrogen) atoms. The number of carbonyl (C=O) groups is 4. The Labute approximate surface area is 359 Å². The van der Waals surface area contributed by atoms with Crippen molar-refractivity contribution in [1.29, 1.82) is 0 Å². The number of rotatable bonds is 12. The summed E-state index contributed by atoms with van der Waals surface area (Å²) in [5, 5.41) is 11.8. The maximum atomic E-state index is 14.8. The lowest BCUT2D eigenvalue weighted by atomic mass is 9.72. The fraction of sp³-hybridized carbons (Fsp3) is 0.682. The minimum atomic E-state index is -1.61. The van der Waals surface area contributed by atoms with E-state index in [4.69, 9.17) is 35.3 Å². The molecule has 2 aromatic rings. The van der Waals surface area contributed by atoms with Crippen LogP contribution in [0.3, 0.4) is 0 Å². The summed E-state index contributed by atoms with van der Waals surface area (Å²) in [6.45, 7) is 17.0. The number of esters is 1. The van der Waals surface area contributed by atoms with Crippen LogP contribution in [0.4, 0.5) is 4.79 Å². The normalized spacial score (nSPS) is 35.8. The van der Waals surface area contributed by atoms with E-state index in [2.05, 4.69) is 16.5 Å². The number of aliphatic hydroxyl groups is 1. The molecule has 2 aromatic heterocycles. The standard InChI is InChI=1S/C44H64ClN5O10/c1-12-33-44(13-2)37(50(42(55)60-44)20-15-14-19-49-23-31(47-24-49)30-17-16-18-46-39(30)45)27(5)34(51)25(3)22-43(8,56-11)38(28(6)35(52)29(7)40(54)58-33)59-41-36(53)32(48(9)10)21-26(4)57-41/h13,16-18,23-29,32-33,36-38,41,53H,2,12,14-15,19-22H2,1,3-11H3/t25-,26-,27+,28+,29-,32+,33-,36-,37+,38-,41?,43+,44-/m1/s1. The van der Waals surface area contributed by atoms with Gasteiger partial charge in [-0.1, -0.05) is 45.9 Å². The number of amides is 1. The van der Waals surface area contributed by atoms with Crippen molar-refractivity contribution in [3.05, 3.63) is 48.7 Å². The Bertz CT molecular complexity index is 1860. The topological polar surface area (TPSA) is 172 Å². The molecule has 0 spiro atoms. The number of nitrogens with zero attached hydrogens (tertiary/aromatic N) is 5. The first-order valence-electron chi connectivity index (χ1n) is 21.1. The van der Waals surface area contributed by atoms with Crippen molar-refractivity contribution >= 4 is 35.2 Å². The highest BCUT2D eigenvalue weighted by Crippen LogP contribution is 2.44. The molecule has 0 saturated carbocycles. The average Bonchev–Trinajstić information content (AvgIpc) is 3.81. The van der Waals surface area contributed by atoms with Gasteiger partial charge in [0, 0.05) is 62.0 Å². The van der Waals surface area contributed by atoms with Crippen LogP contribution in [0.25, 0.3) is 11.3 Å². The second kappa shape index (κ2) is 19.5. The molecular formula is C44H64ClN5O10. The van der Waals surface area contributed by atoms with Crippen LogP contribution in [0.5, 0.6) is 0 Å². The summed E-state index contributed by atoms with van der Waals surface area (Å²) in [4.78, 5) is 69.3. The molecule has 332 valence electrons. The van der Waals surface area contributed by atoms with Crippen LogP contribution in [0.15, 0.2) is 43.5 Å². The van der Waals surface area contributed by atoms with Gasteiger partial charge in [0.25, 0.3) is 0 Å². The molecule has 3 fully saturated rings. The number of pyridine rings is 1. The number of hydrogen-bond acceptors (Lipinski definition) is 13. The summed E-state index contributed by atoms with van der Waals surface area (Å²) in [5.74, 6) is -5.27. The van der Waals surface area contributed by atoms with Crippen molar-refractivity contribution in [2.75, 3.05) is 27.7 Å². The molecule has 5 heterocycles. The number of hydrogen-bond donors (Lipinski definition) is 1. The number of aryl methyl sites for hydroxylation is 1. The highest BCUT2D eigenvalue weighted by Gasteiger charge is 2.61. The third kappa shape index (κ3) is 9.51. The number of cyclic esters (lactones) is 1. The van der Waals surface area contributed by atoms with Crippen molar-refractivity contribution in [2.45, 2.75) is 141 Å². The molecule has 3 aliphatic rings. The zero-order chi connectivity index (χ0) is 44.3. The number of methoxy groups -OCH3 is 1. The molecule has 1 unspecified atom stereocenters. The number of unbranched alkanes of at least 4 members (excludes halogenated alkanes) is 1. The van der Waals surface area contributed by atoms with Crippen molar-refractivity contribution in [2.24, 2.45) is 23.7 Å². The van der Waals surface area contributed by atoms with Gasteiger partial charge in [0.05, 0.1) is 35.9 Å². The van der Waals surface area contributed by atoms with E-state index in [9.17, 15) is 24.3 Å². The third-order valence-electron chi connectivity index (χ3n) is 12.9. The maximum absolute atomic E-state index is 14.8. The lowest BCUT2D eigenvalue weighted by Gasteiger charge is -2.47. The molecule has 1 amide bonds. The van der Waals surface area contributed by atoms with Gasteiger partial charge in [0.15, 0.2) is 17.7 Å². The second-order valence-corrected chi connectivity index (χ2v) is 17.7. The first-order valence-corrected chi connectivity index (χ1v) is 21.5. The highest BCUT2D eigenvalue weighted by molar-refractivity contribution is 6.32. The Morgan fingerprint density at radius 1 is 1.07 bits per heavy atom. The minimum Gasteiger partial charge on any atom is -0.457 e. The number of aromatic nitrogens is 3. The zero-order valence-corrected chi connectivity index (χ0v) is 37.5. The van der Waals surface area contributed by atoms with Gasteiger partial charge >= 0.3 is 12.1 Å². The highest BCUT2D eigenvalue weighted by atomic mass is 35.5. The van der Waals surface area contributed by atoms with Crippen LogP contribution >= 0.6 is 11.6 Å². The van der Waals surface area contributed by atoms with Crippen LogP contribution in [-0.2, 0) is 44.6 Å². The fourth-order valence-corrected chi connectivity index (χ4v) is 9.67. The molecule has 16 heteroatoms. The largest absolute Gasteiger partial charge is 0.457 e. The van der Waals surface area contributed by atoms with Crippen molar-refractivity contribution in [3.63, 3.8) is 0 Å². The molecule has 0 aliphatic carbocycles. The maximum Gasteiger partial charge on any atom is 0.411 e. The van der Waals surface area contributed by atoms with E-state index in [0.717, 1.165) is 5.56 Å². The van der Waals surface area contributed by atoms with Crippen LogP contribution in [0, 0.1) is 23.7 Å². The molecule has 0 radical (unpaired) electrons. The van der Waals surface area contributed by atoms with E-state index in [-0.39, 0.29) is 37.3 Å². The molecule has 13 atom stereocenters. The van der Waals surface area contributed by atoms with Crippen molar-refractivity contribution in [3.8, 4) is 11.3 Å². The molecule has 15 nitrogen and oxygen atoms in total. The van der Waals surface area contributed by atoms with E-state index < -0.39 is 83.4 Å². The van der Waals surface area contributed by atoms with Crippen molar-refractivity contribution in [1.82, 2.24) is 24.3 Å². The van der Waals surface area contributed by atoms with Crippen LogP contribution in [0.2, 0.25) is 5.15 Å². The van der Waals surface area contributed by atoms with Gasteiger partial charge in [-0.25, -0.2) is 14.8 Å². The van der Waals surface area contributed by atoms with Crippen LogP contribution in [-0.4, -0.2) is 135 Å². The molecule has 0 bridgehead atoms. The number of Topliss-reactive ketones (excluding diaryl/α,β-unsaturated/α-hetero) is 2. The summed E-state index contributed by atoms with van der Waals surface area (Å²) >= 11 is 6.29. The minimum absolute atomic E-state index is 0.0975. The number of imidazole rings is 1. The predicted molar refractivity (Wildman–Crippen MR) is 224 cm³/mol. The lowest BCUT2D eigenvalue weighted by molar-refractivity contribution is -0.295. The first-order chi connectivity index (χ1) is 28.3. The molecule has 3 aliphatic heterocycles. The van der Waals surface area contributed by atoms with Crippen LogP contribution < -0.4 is 0 Å². The molecule has 1 N–H and O–H groups in total. The van der Waals surface area contributed by atoms with Gasteiger partial charge in [0.1, 0.15) is 29.1 Å². The van der Waals surface area contributed by atoms with Gasteiger partial charge in [-0.05, 0) is 85.2 Å². The van der Waals surface area contributed by atoms with Crippen LogP contribution in [0.1, 0.15) is 80.6 Å². The van der Waals surface area contributed by atoms with E-state index in [1.807, 2.05) is 42.7 Å². The predicted octanol–water partition coefficient (Wildman–Crippen LogP) is 5.75. The Kier molecular flexibility index (Phi) is 15.4. The number of likely N-dealkylation sites (N-methyl/N-ethyl adjacent to an activating group) is 1. The lowest BCUT2D eigenvalue weighted by Crippen LogP contribution is -2.60. The number of ether oxygens (including phenoxy) is 5. The van der Waals surface area contributed by atoms with Gasteiger partial charge in [0.2, 0.25) is 0 Å². The summed E-state index contributed by atoms with van der Waals surface area (Å²) < 4.78 is 33.2. The smallest absolute Gasteiger partial charge is 0.411 e. The molecular weight excluding hydrogens is 794 g/mol. The number of halogens is 1. The number of carbonyl (C=O) groups excluding carboxylic acids is 4. The first kappa shape index (κ1) is 47.3. The van der Waals surface area contributed by atoms with Gasteiger partial charge < -0.3 is 38.3 Å². The quantitative estimate of drug-likeness (QED) is 0.0901. The zero-order valence-electron chi connectivity index (χ0n) is 36.7. The summed E-state index contributed by atoms with van der Waals surface area (Å²) in [7, 11) is 5.21. The van der Waals surface area contributed by atoms with Gasteiger partial charge in [-0.15, -0.1) is 0 Å². The monoisotopic (exact) mass is 857 g/mol. The SMILES string of the molecule is C=C[C@]12OC(=O)N(CCCCn3cnc(-c4cccnc4Cl)c3)[C@H]1[C@@H](C)C(=O)[C@H](C)C[C@](C)(OC)[C@H](OC1O[C@H](C)C[C@H](N(C)C)[C@H]1O)[C@@H](C)C(=O)[C@@H](C)C(=O)O[C@@H]2CC. The van der Waals surface area contributed by atoms with E-state index in [0.29, 0.717) is 36.7 Å². The molecule has 5 rings (SSSR count). The second-order valence-electron chi connectivity index (χ2n) is 17.3. The Hall–Kier alpha value is -3.73.